The van der Waals surface area contributed by atoms with Gasteiger partial charge in [0.15, 0.2) is 0 Å². The van der Waals surface area contributed by atoms with E-state index < -0.39 is 44.7 Å². The van der Waals surface area contributed by atoms with Gasteiger partial charge in [-0.05, 0) is 24.6 Å². The Morgan fingerprint density at radius 3 is 2.54 bits per heavy atom. The van der Waals surface area contributed by atoms with Crippen molar-refractivity contribution in [3.63, 3.8) is 0 Å². The van der Waals surface area contributed by atoms with Gasteiger partial charge in [0.1, 0.15) is 5.75 Å². The number of nitrogens with zero attached hydrogens (tertiary/aromatic N) is 3. The van der Waals surface area contributed by atoms with Crippen LogP contribution >= 0.6 is 11.6 Å². The lowest BCUT2D eigenvalue weighted by Crippen LogP contribution is -2.33. The van der Waals surface area contributed by atoms with Gasteiger partial charge in [-0.3, -0.25) is 9.36 Å². The second-order valence-corrected chi connectivity index (χ2v) is 7.79. The van der Waals surface area contributed by atoms with Crippen LogP contribution in [0.4, 0.5) is 13.2 Å². The fourth-order valence-corrected chi connectivity index (χ4v) is 3.64. The highest BCUT2D eigenvalue weighted by Gasteiger charge is 2.39. The smallest absolute Gasteiger partial charge is 0.349 e. The highest BCUT2D eigenvalue weighted by Crippen LogP contribution is 2.28. The fourth-order valence-electron chi connectivity index (χ4n) is 2.21. The zero-order chi connectivity index (χ0) is 19.7. The van der Waals surface area contributed by atoms with Crippen molar-refractivity contribution in [3.05, 3.63) is 40.7 Å². The maximum absolute atomic E-state index is 12.7. The van der Waals surface area contributed by atoms with Crippen LogP contribution < -0.4 is 5.32 Å². The number of hydrogen-bond donors (Lipinski definition) is 1. The molecule has 1 atom stereocenters. The summed E-state index contributed by atoms with van der Waals surface area (Å²) in [6, 6.07) is 6.02. The van der Waals surface area contributed by atoms with E-state index in [-0.39, 0.29) is 0 Å². The minimum Gasteiger partial charge on any atom is -0.349 e. The second kappa shape index (κ2) is 7.23. The summed E-state index contributed by atoms with van der Waals surface area (Å²) in [7, 11) is -3.55. The highest BCUT2D eigenvalue weighted by molar-refractivity contribution is 7.91. The Balaban J connectivity index is 2.14. The summed E-state index contributed by atoms with van der Waals surface area (Å²) in [5, 5.41) is 7.86. The van der Waals surface area contributed by atoms with Crippen molar-refractivity contribution < 1.29 is 26.4 Å². The lowest BCUT2D eigenvalue weighted by molar-refractivity contribution is -0.147. The van der Waals surface area contributed by atoms with Gasteiger partial charge < -0.3 is 5.32 Å². The number of sulfone groups is 1. The molecule has 0 saturated carbocycles. The predicted octanol–water partition coefficient (Wildman–Crippen LogP) is 2.14. The van der Waals surface area contributed by atoms with Crippen molar-refractivity contribution in [2.24, 2.45) is 7.05 Å². The van der Waals surface area contributed by atoms with E-state index in [0.717, 1.165) is 7.05 Å². The molecule has 7 nitrogen and oxygen atoms in total. The topological polar surface area (TPSA) is 93.9 Å². The summed E-state index contributed by atoms with van der Waals surface area (Å²) in [6.07, 6.45) is -4.86. The first kappa shape index (κ1) is 20.2. The Morgan fingerprint density at radius 2 is 2.00 bits per heavy atom. The van der Waals surface area contributed by atoms with Crippen molar-refractivity contribution in [1.82, 2.24) is 20.1 Å². The number of amides is 1. The van der Waals surface area contributed by atoms with Crippen molar-refractivity contribution in [2.75, 3.05) is 5.75 Å². The number of alkyl halides is 3. The number of nitrogens with one attached hydrogen (secondary N) is 1. The maximum Gasteiger partial charge on any atom is 0.451 e. The van der Waals surface area contributed by atoms with Gasteiger partial charge in [-0.2, -0.15) is 13.2 Å². The van der Waals surface area contributed by atoms with Crippen LogP contribution in [0, 0.1) is 0 Å². The summed E-state index contributed by atoms with van der Waals surface area (Å²) in [5.41, 5.74) is 0.640. The van der Waals surface area contributed by atoms with Gasteiger partial charge in [-0.1, -0.05) is 23.7 Å². The molecular formula is C14H14ClF3N4O3S. The fraction of sp³-hybridized carbons (Fsp3) is 0.357. The van der Waals surface area contributed by atoms with Crippen LogP contribution in [-0.4, -0.2) is 34.8 Å². The molecule has 2 rings (SSSR count). The van der Waals surface area contributed by atoms with Gasteiger partial charge in [-0.25, -0.2) is 8.42 Å². The molecule has 0 aliphatic carbocycles. The molecular weight excluding hydrogens is 397 g/mol. The number of carbonyl (C=O) groups is 1. The molecule has 0 unspecified atom stereocenters. The molecule has 1 amide bonds. The Labute approximate surface area is 152 Å². The molecule has 12 heteroatoms. The summed E-state index contributed by atoms with van der Waals surface area (Å²) < 4.78 is 62.8. The molecule has 0 radical (unpaired) electrons. The molecule has 1 N–H and O–H groups in total. The van der Waals surface area contributed by atoms with Gasteiger partial charge in [0.25, 0.3) is 0 Å². The molecule has 26 heavy (non-hydrogen) atoms. The van der Waals surface area contributed by atoms with E-state index in [2.05, 4.69) is 15.5 Å². The van der Waals surface area contributed by atoms with Crippen LogP contribution in [-0.2, 0) is 27.9 Å². The van der Waals surface area contributed by atoms with E-state index in [9.17, 15) is 26.4 Å². The first-order valence-electron chi connectivity index (χ1n) is 7.16. The van der Waals surface area contributed by atoms with Crippen LogP contribution in [0.25, 0.3) is 0 Å². The number of benzene rings is 1. The maximum atomic E-state index is 12.7. The average Bonchev–Trinajstić information content (AvgIpc) is 2.89. The molecule has 0 saturated heterocycles. The molecule has 1 heterocycles. The third kappa shape index (κ3) is 4.52. The van der Waals surface area contributed by atoms with Crippen LogP contribution in [0.15, 0.2) is 29.4 Å². The molecule has 0 spiro atoms. The first-order chi connectivity index (χ1) is 11.9. The second-order valence-electron chi connectivity index (χ2n) is 5.47. The molecule has 2 aromatic rings. The summed E-state index contributed by atoms with van der Waals surface area (Å²) in [4.78, 5) is 12.0. The van der Waals surface area contributed by atoms with Gasteiger partial charge in [-0.15, -0.1) is 10.2 Å². The number of halogens is 4. The highest BCUT2D eigenvalue weighted by atomic mass is 35.5. The molecule has 0 fully saturated rings. The standard InChI is InChI=1S/C14H14ClF3N4O3S/c1-8(9-4-3-5-10(15)6-9)19-11(23)7-26(24,25)13-21-20-12(22(13)2)14(16,17)18/h3-6,8H,7H2,1-2H3,(H,19,23)/t8-/m1/s1. The largest absolute Gasteiger partial charge is 0.451 e. The molecule has 0 aliphatic heterocycles. The van der Waals surface area contributed by atoms with Crippen LogP contribution in [0.3, 0.4) is 0 Å². The Bertz CT molecular complexity index is 928. The van der Waals surface area contributed by atoms with Crippen LogP contribution in [0.2, 0.25) is 5.02 Å². The molecule has 1 aromatic heterocycles. The lowest BCUT2D eigenvalue weighted by Gasteiger charge is -2.14. The van der Waals surface area contributed by atoms with Crippen LogP contribution in [0.5, 0.6) is 0 Å². The Hall–Kier alpha value is -2.14. The van der Waals surface area contributed by atoms with Gasteiger partial charge in [0, 0.05) is 12.1 Å². The first-order valence-corrected chi connectivity index (χ1v) is 9.19. The lowest BCUT2D eigenvalue weighted by atomic mass is 10.1. The zero-order valence-corrected chi connectivity index (χ0v) is 15.2. The van der Waals surface area contributed by atoms with Crippen molar-refractivity contribution in [3.8, 4) is 0 Å². The molecule has 142 valence electrons. The van der Waals surface area contributed by atoms with Gasteiger partial charge in [0.2, 0.25) is 26.7 Å². The van der Waals surface area contributed by atoms with Crippen molar-refractivity contribution >= 4 is 27.3 Å². The average molecular weight is 411 g/mol. The van der Waals surface area contributed by atoms with Crippen LogP contribution in [0.1, 0.15) is 24.4 Å². The minimum atomic E-state index is -4.86. The van der Waals surface area contributed by atoms with Crippen molar-refractivity contribution in [1.29, 1.82) is 0 Å². The zero-order valence-electron chi connectivity index (χ0n) is 13.6. The minimum absolute atomic E-state index is 0.295. The SMILES string of the molecule is C[C@@H](NC(=O)CS(=O)(=O)c1nnc(C(F)(F)F)n1C)c1cccc(Cl)c1. The van der Waals surface area contributed by atoms with E-state index >= 15 is 0 Å². The number of carbonyl (C=O) groups excluding carboxylic acids is 1. The Morgan fingerprint density at radius 1 is 1.35 bits per heavy atom. The number of hydrogen-bond acceptors (Lipinski definition) is 5. The van der Waals surface area contributed by atoms with Crippen molar-refractivity contribution in [2.45, 2.75) is 24.3 Å². The summed E-state index contributed by atoms with van der Waals surface area (Å²) >= 11 is 5.85. The van der Waals surface area contributed by atoms with Gasteiger partial charge in [0.05, 0.1) is 6.04 Å². The number of aromatic nitrogens is 3. The van der Waals surface area contributed by atoms with E-state index in [1.54, 1.807) is 31.2 Å². The predicted molar refractivity (Wildman–Crippen MR) is 86.1 cm³/mol. The summed E-state index contributed by atoms with van der Waals surface area (Å²) in [6.45, 7) is 1.61. The third-order valence-corrected chi connectivity index (χ3v) is 5.20. The van der Waals surface area contributed by atoms with E-state index in [4.69, 9.17) is 11.6 Å². The number of rotatable bonds is 5. The Kier molecular flexibility index (Phi) is 5.61. The summed E-state index contributed by atoms with van der Waals surface area (Å²) in [5.74, 6) is -3.43. The quantitative estimate of drug-likeness (QED) is 0.815. The normalized spacial score (nSPS) is 13.5. The molecule has 0 aliphatic rings. The monoisotopic (exact) mass is 410 g/mol. The van der Waals surface area contributed by atoms with E-state index in [1.807, 2.05) is 0 Å². The van der Waals surface area contributed by atoms with Gasteiger partial charge >= 0.3 is 6.18 Å². The molecule has 0 bridgehead atoms. The van der Waals surface area contributed by atoms with E-state index in [0.29, 0.717) is 15.2 Å². The van der Waals surface area contributed by atoms with E-state index in [1.165, 1.54) is 0 Å². The third-order valence-electron chi connectivity index (χ3n) is 3.41. The molecule has 1 aromatic carbocycles.